The summed E-state index contributed by atoms with van der Waals surface area (Å²) in [5, 5.41) is 9.88. The third-order valence-electron chi connectivity index (χ3n) is 1.53. The minimum atomic E-state index is -1.34. The summed E-state index contributed by atoms with van der Waals surface area (Å²) in [5.74, 6) is -0.821. The number of hydrogen-bond acceptors (Lipinski definition) is 2. The lowest BCUT2D eigenvalue weighted by atomic mass is 10.1. The first-order valence-electron chi connectivity index (χ1n) is 3.44. The number of aliphatic hydroxyl groups excluding tert-OH is 1. The van der Waals surface area contributed by atoms with Crippen LogP contribution in [0.1, 0.15) is 11.7 Å². The van der Waals surface area contributed by atoms with Gasteiger partial charge < -0.3 is 10.8 Å². The lowest BCUT2D eigenvalue weighted by Gasteiger charge is -2.07. The van der Waals surface area contributed by atoms with E-state index in [2.05, 4.69) is 0 Å². The maximum Gasteiger partial charge on any atom is 0.250 e. The fourth-order valence-corrected chi connectivity index (χ4v) is 1.15. The van der Waals surface area contributed by atoms with E-state index < -0.39 is 12.0 Å². The Labute approximate surface area is 85.1 Å². The van der Waals surface area contributed by atoms with Gasteiger partial charge in [-0.1, -0.05) is 29.3 Å². The molecule has 0 fully saturated rings. The van der Waals surface area contributed by atoms with Crippen LogP contribution in [0.4, 0.5) is 0 Å². The molecule has 0 saturated carbocycles. The molecule has 3 N–H and O–H groups in total. The molecule has 0 heterocycles. The molecule has 1 amide bonds. The Bertz CT molecular complexity index is 341. The van der Waals surface area contributed by atoms with Gasteiger partial charge in [0.15, 0.2) is 6.10 Å². The highest BCUT2D eigenvalue weighted by molar-refractivity contribution is 6.42. The van der Waals surface area contributed by atoms with Crippen molar-refractivity contribution in [2.45, 2.75) is 6.10 Å². The lowest BCUT2D eigenvalue weighted by Crippen LogP contribution is -2.20. The molecule has 1 unspecified atom stereocenters. The number of rotatable bonds is 2. The van der Waals surface area contributed by atoms with E-state index in [0.29, 0.717) is 10.6 Å². The van der Waals surface area contributed by atoms with Gasteiger partial charge in [0, 0.05) is 0 Å². The van der Waals surface area contributed by atoms with Gasteiger partial charge in [-0.05, 0) is 17.7 Å². The molecule has 1 aromatic carbocycles. The van der Waals surface area contributed by atoms with Crippen molar-refractivity contribution >= 4 is 29.1 Å². The third-order valence-corrected chi connectivity index (χ3v) is 2.27. The summed E-state index contributed by atoms with van der Waals surface area (Å²) in [6.45, 7) is 0. The van der Waals surface area contributed by atoms with Gasteiger partial charge in [-0.25, -0.2) is 0 Å². The summed E-state index contributed by atoms with van der Waals surface area (Å²) in [6, 6.07) is 4.38. The van der Waals surface area contributed by atoms with Crippen molar-refractivity contribution in [2.75, 3.05) is 0 Å². The van der Waals surface area contributed by atoms with Crippen LogP contribution in [0.5, 0.6) is 0 Å². The number of aliphatic hydroxyl groups is 1. The maximum absolute atomic E-state index is 10.6. The molecule has 0 aliphatic rings. The molecule has 0 spiro atoms. The number of carbonyl (C=O) groups excluding carboxylic acids is 1. The Morgan fingerprint density at radius 2 is 2.00 bits per heavy atom. The Hall–Kier alpha value is -0.770. The SMILES string of the molecule is NC(=O)C(O)c1ccc(Cl)c(Cl)c1. The van der Waals surface area contributed by atoms with E-state index in [0.717, 1.165) is 0 Å². The zero-order valence-corrected chi connectivity index (χ0v) is 8.01. The fourth-order valence-electron chi connectivity index (χ4n) is 0.847. The van der Waals surface area contributed by atoms with Crippen LogP contribution in [-0.4, -0.2) is 11.0 Å². The van der Waals surface area contributed by atoms with E-state index in [9.17, 15) is 9.90 Å². The van der Waals surface area contributed by atoms with Crippen molar-refractivity contribution in [1.82, 2.24) is 0 Å². The van der Waals surface area contributed by atoms with Gasteiger partial charge in [0.1, 0.15) is 0 Å². The summed E-state index contributed by atoms with van der Waals surface area (Å²) in [7, 11) is 0. The summed E-state index contributed by atoms with van der Waals surface area (Å²) in [4.78, 5) is 10.6. The molecule has 1 rings (SSSR count). The van der Waals surface area contributed by atoms with Gasteiger partial charge in [0.05, 0.1) is 10.0 Å². The molecule has 70 valence electrons. The fraction of sp³-hybridized carbons (Fsp3) is 0.125. The third kappa shape index (κ3) is 2.34. The minimum absolute atomic E-state index is 0.277. The molecule has 0 aliphatic heterocycles. The van der Waals surface area contributed by atoms with E-state index >= 15 is 0 Å². The number of benzene rings is 1. The van der Waals surface area contributed by atoms with Gasteiger partial charge in [0.2, 0.25) is 0 Å². The first-order valence-corrected chi connectivity index (χ1v) is 4.20. The normalized spacial score (nSPS) is 12.5. The average Bonchev–Trinajstić information content (AvgIpc) is 2.08. The molecule has 1 aromatic rings. The highest BCUT2D eigenvalue weighted by Gasteiger charge is 2.14. The van der Waals surface area contributed by atoms with Crippen molar-refractivity contribution in [3.05, 3.63) is 33.8 Å². The quantitative estimate of drug-likeness (QED) is 0.793. The Kier molecular flexibility index (Phi) is 3.14. The number of primary amides is 1. The second-order valence-corrected chi connectivity index (χ2v) is 3.29. The van der Waals surface area contributed by atoms with Crippen LogP contribution in [-0.2, 0) is 4.79 Å². The first-order chi connectivity index (χ1) is 6.02. The minimum Gasteiger partial charge on any atom is -0.378 e. The topological polar surface area (TPSA) is 63.3 Å². The van der Waals surface area contributed by atoms with Gasteiger partial charge in [-0.2, -0.15) is 0 Å². The van der Waals surface area contributed by atoms with Crippen molar-refractivity contribution < 1.29 is 9.90 Å². The summed E-state index contributed by atoms with van der Waals surface area (Å²) < 4.78 is 0. The Morgan fingerprint density at radius 3 is 2.46 bits per heavy atom. The lowest BCUT2D eigenvalue weighted by molar-refractivity contribution is -0.126. The Morgan fingerprint density at radius 1 is 1.38 bits per heavy atom. The standard InChI is InChI=1S/C8H7Cl2NO2/c9-5-2-1-4(3-6(5)10)7(12)8(11)13/h1-3,7,12H,(H2,11,13). The molecule has 1 atom stereocenters. The maximum atomic E-state index is 10.6. The van der Waals surface area contributed by atoms with Crippen LogP contribution in [0.3, 0.4) is 0 Å². The zero-order chi connectivity index (χ0) is 10.0. The summed E-state index contributed by atoms with van der Waals surface area (Å²) in [6.07, 6.45) is -1.34. The molecule has 0 bridgehead atoms. The molecule has 0 radical (unpaired) electrons. The van der Waals surface area contributed by atoms with Crippen LogP contribution in [0.25, 0.3) is 0 Å². The first kappa shape index (κ1) is 10.3. The smallest absolute Gasteiger partial charge is 0.250 e. The number of halogens is 2. The average molecular weight is 220 g/mol. The molecule has 5 heteroatoms. The molecule has 0 aliphatic carbocycles. The van der Waals surface area contributed by atoms with Crippen LogP contribution < -0.4 is 5.73 Å². The van der Waals surface area contributed by atoms with E-state index in [1.807, 2.05) is 0 Å². The molecule has 0 saturated heterocycles. The van der Waals surface area contributed by atoms with Gasteiger partial charge in [-0.3, -0.25) is 4.79 Å². The zero-order valence-electron chi connectivity index (χ0n) is 6.50. The second-order valence-electron chi connectivity index (χ2n) is 2.48. The summed E-state index contributed by atoms with van der Waals surface area (Å²) in [5.41, 5.74) is 5.23. The predicted molar refractivity (Wildman–Crippen MR) is 50.6 cm³/mol. The molecule has 0 aromatic heterocycles. The van der Waals surface area contributed by atoms with Gasteiger partial charge >= 0.3 is 0 Å². The van der Waals surface area contributed by atoms with E-state index in [1.165, 1.54) is 18.2 Å². The monoisotopic (exact) mass is 219 g/mol. The number of carbonyl (C=O) groups is 1. The predicted octanol–water partition coefficient (Wildman–Crippen LogP) is 1.51. The van der Waals surface area contributed by atoms with E-state index in [4.69, 9.17) is 28.9 Å². The largest absolute Gasteiger partial charge is 0.378 e. The summed E-state index contributed by atoms with van der Waals surface area (Å²) >= 11 is 11.3. The highest BCUT2D eigenvalue weighted by Crippen LogP contribution is 2.25. The molecular formula is C8H7Cl2NO2. The van der Waals surface area contributed by atoms with Gasteiger partial charge in [-0.15, -0.1) is 0 Å². The molecule has 13 heavy (non-hydrogen) atoms. The van der Waals surface area contributed by atoms with Crippen molar-refractivity contribution in [1.29, 1.82) is 0 Å². The Balaban J connectivity index is 3.03. The van der Waals surface area contributed by atoms with Crippen LogP contribution in [0, 0.1) is 0 Å². The highest BCUT2D eigenvalue weighted by atomic mass is 35.5. The van der Waals surface area contributed by atoms with Crippen LogP contribution >= 0.6 is 23.2 Å². The second kappa shape index (κ2) is 3.96. The van der Waals surface area contributed by atoms with Gasteiger partial charge in [0.25, 0.3) is 5.91 Å². The van der Waals surface area contributed by atoms with Crippen molar-refractivity contribution in [2.24, 2.45) is 5.73 Å². The number of hydrogen-bond donors (Lipinski definition) is 2. The number of amides is 1. The van der Waals surface area contributed by atoms with Crippen LogP contribution in [0.2, 0.25) is 10.0 Å². The van der Waals surface area contributed by atoms with Crippen molar-refractivity contribution in [3.63, 3.8) is 0 Å². The molecule has 3 nitrogen and oxygen atoms in total. The number of nitrogens with two attached hydrogens (primary N) is 1. The van der Waals surface area contributed by atoms with Crippen molar-refractivity contribution in [3.8, 4) is 0 Å². The van der Waals surface area contributed by atoms with E-state index in [1.54, 1.807) is 0 Å². The molecular weight excluding hydrogens is 213 g/mol. The van der Waals surface area contributed by atoms with E-state index in [-0.39, 0.29) is 5.02 Å². The van der Waals surface area contributed by atoms with Crippen LogP contribution in [0.15, 0.2) is 18.2 Å².